The summed E-state index contributed by atoms with van der Waals surface area (Å²) in [5.74, 6) is -2.92. The van der Waals surface area contributed by atoms with Gasteiger partial charge in [0.1, 0.15) is 18.5 Å². The van der Waals surface area contributed by atoms with E-state index in [0.717, 1.165) is 38.7 Å². The molecule has 0 amide bonds. The van der Waals surface area contributed by atoms with Crippen molar-refractivity contribution in [2.75, 3.05) is 20.3 Å². The molecular weight excluding hydrogens is 530 g/mol. The number of nitrogens with zero attached hydrogens (tertiary/aromatic N) is 3. The summed E-state index contributed by atoms with van der Waals surface area (Å²) < 4.78 is 38.5. The van der Waals surface area contributed by atoms with Crippen LogP contribution in [0.4, 0.5) is 0 Å². The Bertz CT molecular complexity index is 1270. The summed E-state index contributed by atoms with van der Waals surface area (Å²) in [5, 5.41) is 5.31. The van der Waals surface area contributed by atoms with Gasteiger partial charge in [-0.1, -0.05) is 41.5 Å². The second kappa shape index (κ2) is 14.1. The summed E-state index contributed by atoms with van der Waals surface area (Å²) in [4.78, 5) is 51.2. The largest absolute Gasteiger partial charge is 0.490 e. The minimum Gasteiger partial charge on any atom is -0.490 e. The second-order valence-electron chi connectivity index (χ2n) is 8.63. The van der Waals surface area contributed by atoms with Crippen LogP contribution in [0.25, 0.3) is 21.2 Å². The number of benzene rings is 2. The van der Waals surface area contributed by atoms with Crippen LogP contribution in [0.15, 0.2) is 47.6 Å². The number of methoxy groups -OCH3 is 1. The van der Waals surface area contributed by atoms with Crippen LogP contribution in [0.3, 0.4) is 0 Å². The van der Waals surface area contributed by atoms with E-state index in [1.807, 2.05) is 36.4 Å². The zero-order valence-electron chi connectivity index (χ0n) is 22.3. The van der Waals surface area contributed by atoms with Crippen LogP contribution in [0.5, 0.6) is 5.75 Å². The van der Waals surface area contributed by atoms with Gasteiger partial charge in [-0.2, -0.15) is 0 Å². The third-order valence-electron chi connectivity index (χ3n) is 5.68. The normalized spacial score (nSPS) is 22.8. The van der Waals surface area contributed by atoms with Crippen LogP contribution in [0.2, 0.25) is 0 Å². The van der Waals surface area contributed by atoms with Gasteiger partial charge in [-0.05, 0) is 17.0 Å². The Balaban J connectivity index is 1.95. The molecule has 2 aromatic rings. The number of carbonyl (C=O) groups is 4. The molecule has 1 fully saturated rings. The zero-order chi connectivity index (χ0) is 29.2. The first-order valence-corrected chi connectivity index (χ1v) is 12.2. The maximum Gasteiger partial charge on any atom is 0.339 e. The molecule has 6 atom stereocenters. The Kier molecular flexibility index (Phi) is 10.6. The van der Waals surface area contributed by atoms with Crippen molar-refractivity contribution < 1.29 is 52.3 Å². The molecule has 0 spiro atoms. The highest BCUT2D eigenvalue weighted by Crippen LogP contribution is 2.31. The number of ether oxygens (including phenoxy) is 7. The second-order valence-corrected chi connectivity index (χ2v) is 8.63. The molecule has 0 bridgehead atoms. The number of rotatable bonds is 11. The van der Waals surface area contributed by atoms with E-state index in [-0.39, 0.29) is 13.2 Å². The van der Waals surface area contributed by atoms with Crippen molar-refractivity contribution in [2.45, 2.75) is 57.6 Å². The van der Waals surface area contributed by atoms with E-state index in [1.165, 1.54) is 0 Å². The molecule has 14 nitrogen and oxygen atoms in total. The predicted octanol–water partition coefficient (Wildman–Crippen LogP) is 2.61. The summed E-state index contributed by atoms with van der Waals surface area (Å²) in [6.45, 7) is 2.84. The van der Waals surface area contributed by atoms with E-state index in [9.17, 15) is 19.2 Å². The Labute approximate surface area is 229 Å². The fourth-order valence-corrected chi connectivity index (χ4v) is 4.15. The molecule has 40 heavy (non-hydrogen) atoms. The van der Waals surface area contributed by atoms with E-state index in [4.69, 9.17) is 38.7 Å². The number of azide groups is 1. The van der Waals surface area contributed by atoms with Gasteiger partial charge in [-0.25, -0.2) is 4.79 Å². The van der Waals surface area contributed by atoms with E-state index in [0.29, 0.717) is 5.75 Å². The number of hydrogen-bond acceptors (Lipinski definition) is 12. The molecule has 0 aliphatic carbocycles. The molecule has 1 aliphatic rings. The van der Waals surface area contributed by atoms with Crippen LogP contribution < -0.4 is 4.74 Å². The van der Waals surface area contributed by atoms with Crippen molar-refractivity contribution in [2.24, 2.45) is 5.11 Å². The lowest BCUT2D eigenvalue weighted by atomic mass is 9.97. The Morgan fingerprint density at radius 2 is 1.55 bits per heavy atom. The van der Waals surface area contributed by atoms with Crippen LogP contribution in [0, 0.1) is 0 Å². The lowest BCUT2D eigenvalue weighted by Crippen LogP contribution is -2.64. The monoisotopic (exact) mass is 559 g/mol. The first kappa shape index (κ1) is 30.2. The fraction of sp³-hybridized carbons (Fsp3) is 0.462. The molecule has 0 N–H and O–H groups in total. The first-order valence-electron chi connectivity index (χ1n) is 12.2. The molecule has 0 radical (unpaired) electrons. The van der Waals surface area contributed by atoms with Gasteiger partial charge in [0.15, 0.2) is 30.7 Å². The highest BCUT2D eigenvalue weighted by atomic mass is 16.7. The smallest absolute Gasteiger partial charge is 0.339 e. The molecule has 4 unspecified atom stereocenters. The van der Waals surface area contributed by atoms with Crippen molar-refractivity contribution in [1.29, 1.82) is 0 Å². The van der Waals surface area contributed by atoms with E-state index in [1.54, 1.807) is 6.07 Å². The van der Waals surface area contributed by atoms with E-state index >= 15 is 0 Å². The summed E-state index contributed by atoms with van der Waals surface area (Å²) >= 11 is 0. The van der Waals surface area contributed by atoms with Crippen LogP contribution >= 0.6 is 0 Å². The van der Waals surface area contributed by atoms with E-state index in [2.05, 4.69) is 10.0 Å². The molecule has 3 rings (SSSR count). The van der Waals surface area contributed by atoms with Gasteiger partial charge in [0.05, 0.1) is 13.7 Å². The summed E-state index contributed by atoms with van der Waals surface area (Å²) in [6.07, 6.45) is -8.77. The number of esters is 4. The van der Waals surface area contributed by atoms with Gasteiger partial charge < -0.3 is 33.2 Å². The Morgan fingerprint density at radius 3 is 2.20 bits per heavy atom. The number of fused-ring (bicyclic) bond motifs is 1. The third-order valence-corrected chi connectivity index (χ3v) is 5.68. The van der Waals surface area contributed by atoms with Crippen LogP contribution in [0.1, 0.15) is 20.8 Å². The van der Waals surface area contributed by atoms with Gasteiger partial charge in [0.25, 0.3) is 0 Å². The fourth-order valence-electron chi connectivity index (χ4n) is 4.15. The topological polar surface area (TPSA) is 182 Å². The minimum absolute atomic E-state index is 0.159. The Hall–Kier alpha value is -4.39. The van der Waals surface area contributed by atoms with Gasteiger partial charge in [-0.15, -0.1) is 0 Å². The molecule has 1 saturated heterocycles. The molecule has 0 aromatic heterocycles. The third kappa shape index (κ3) is 7.82. The summed E-state index contributed by atoms with van der Waals surface area (Å²) in [7, 11) is 1.08. The maximum absolute atomic E-state index is 12.6. The van der Waals surface area contributed by atoms with Crippen molar-refractivity contribution in [3.63, 3.8) is 0 Å². The Morgan fingerprint density at radius 1 is 0.925 bits per heavy atom. The average Bonchev–Trinajstić information content (AvgIpc) is 2.91. The molecule has 1 aliphatic heterocycles. The summed E-state index contributed by atoms with van der Waals surface area (Å²) in [5.41, 5.74) is 8.92. The summed E-state index contributed by atoms with van der Waals surface area (Å²) in [6, 6.07) is 13.0. The maximum atomic E-state index is 12.6. The first-order chi connectivity index (χ1) is 19.1. The molecule has 14 heteroatoms. The quantitative estimate of drug-likeness (QED) is 0.130. The lowest BCUT2D eigenvalue weighted by Gasteiger charge is -2.43. The standard InChI is InChI=1S/C26H29N3O11/c1-14(30)36-21-22(37-15(2)31)24(38-16(3)32)26(40-23(21)25(33)34-4)39-18(12-28-29-27)13-35-20-11-7-9-17-8-5-6-10-19(17)20/h5-11,18,21-24,26H,12-13H2,1-4H3/t18?,21-,22?,23?,24?,26-/m1/s1. The predicted molar refractivity (Wildman–Crippen MR) is 136 cm³/mol. The molecule has 0 saturated carbocycles. The van der Waals surface area contributed by atoms with Crippen molar-refractivity contribution in [1.82, 2.24) is 0 Å². The van der Waals surface area contributed by atoms with Crippen LogP contribution in [-0.2, 0) is 47.6 Å². The lowest BCUT2D eigenvalue weighted by molar-refractivity contribution is -0.310. The minimum atomic E-state index is -1.63. The van der Waals surface area contributed by atoms with Gasteiger partial charge in [-0.3, -0.25) is 14.4 Å². The highest BCUT2D eigenvalue weighted by Gasteiger charge is 2.55. The number of carbonyl (C=O) groups excluding carboxylic acids is 4. The highest BCUT2D eigenvalue weighted by molar-refractivity contribution is 5.88. The van der Waals surface area contributed by atoms with Gasteiger partial charge in [0.2, 0.25) is 0 Å². The average molecular weight is 560 g/mol. The van der Waals surface area contributed by atoms with Gasteiger partial charge in [0, 0.05) is 31.1 Å². The molecule has 214 valence electrons. The van der Waals surface area contributed by atoms with Crippen molar-refractivity contribution in [3.8, 4) is 5.75 Å². The molecule has 1 heterocycles. The van der Waals surface area contributed by atoms with E-state index < -0.39 is 60.7 Å². The van der Waals surface area contributed by atoms with Crippen molar-refractivity contribution >= 4 is 34.6 Å². The van der Waals surface area contributed by atoms with Crippen molar-refractivity contribution in [3.05, 3.63) is 52.9 Å². The van der Waals surface area contributed by atoms with Crippen LogP contribution in [-0.4, -0.2) is 80.9 Å². The molecular formula is C26H29N3O11. The number of hydrogen-bond donors (Lipinski definition) is 0. The zero-order valence-corrected chi connectivity index (χ0v) is 22.3. The molecule has 2 aromatic carbocycles. The van der Waals surface area contributed by atoms with Gasteiger partial charge >= 0.3 is 23.9 Å². The SMILES string of the molecule is COC(=O)C1O[C@@H](OC(CN=[N+]=[N-])COc2cccc3ccccc23)C(OC(C)=O)C(OC(C)=O)[C@H]1OC(C)=O.